The highest BCUT2D eigenvalue weighted by molar-refractivity contribution is 5.74. The first-order valence-electron chi connectivity index (χ1n) is 19.2. The molecule has 8 aromatic rings. The van der Waals surface area contributed by atoms with Gasteiger partial charge in [0.25, 0.3) is 0 Å². The zero-order chi connectivity index (χ0) is 36.6. The average molecular weight is 711 g/mol. The predicted molar refractivity (Wildman–Crippen MR) is 219 cm³/mol. The molecule has 0 spiro atoms. The van der Waals surface area contributed by atoms with Gasteiger partial charge >= 0.3 is 0 Å². The molecule has 0 radical (unpaired) electrons. The third-order valence-electron chi connectivity index (χ3n) is 11.3. The summed E-state index contributed by atoms with van der Waals surface area (Å²) < 4.78 is 0. The van der Waals surface area contributed by atoms with Crippen LogP contribution in [0, 0.1) is 11.8 Å². The van der Waals surface area contributed by atoms with Crippen molar-refractivity contribution in [3.05, 3.63) is 169 Å². The van der Waals surface area contributed by atoms with E-state index in [0.717, 1.165) is 56.3 Å². The fourth-order valence-electron chi connectivity index (χ4n) is 8.50. The van der Waals surface area contributed by atoms with E-state index in [1.807, 2.05) is 66.7 Å². The van der Waals surface area contributed by atoms with E-state index < -0.39 is 0 Å². The van der Waals surface area contributed by atoms with E-state index in [1.54, 1.807) is 0 Å². The van der Waals surface area contributed by atoms with Gasteiger partial charge in [-0.1, -0.05) is 158 Å². The van der Waals surface area contributed by atoms with Crippen LogP contribution in [0.2, 0.25) is 0 Å². The molecule has 6 heteroatoms. The summed E-state index contributed by atoms with van der Waals surface area (Å²) in [5, 5.41) is 0. The molecule has 0 aliphatic heterocycles. The normalized spacial score (nSPS) is 17.3. The highest BCUT2D eigenvalue weighted by Gasteiger charge is 2.40. The molecule has 2 heterocycles. The fourth-order valence-corrected chi connectivity index (χ4v) is 8.50. The number of benzene rings is 6. The molecule has 2 fully saturated rings. The Balaban J connectivity index is 1.03. The second-order valence-electron chi connectivity index (χ2n) is 14.8. The van der Waals surface area contributed by atoms with E-state index in [9.17, 15) is 0 Å². The Morgan fingerprint density at radius 2 is 0.709 bits per heavy atom. The lowest BCUT2D eigenvalue weighted by molar-refractivity contribution is 0.420. The van der Waals surface area contributed by atoms with Gasteiger partial charge in [0.2, 0.25) is 0 Å². The molecular formula is C49H38N6. The topological polar surface area (TPSA) is 77.3 Å². The van der Waals surface area contributed by atoms with Crippen LogP contribution >= 0.6 is 0 Å². The Hall–Kier alpha value is -6.66. The zero-order valence-electron chi connectivity index (χ0n) is 30.3. The molecule has 2 aromatic heterocycles. The van der Waals surface area contributed by atoms with Crippen LogP contribution in [0.25, 0.3) is 79.5 Å². The number of hydrogen-bond acceptors (Lipinski definition) is 6. The maximum Gasteiger partial charge on any atom is 0.164 e. The van der Waals surface area contributed by atoms with Crippen molar-refractivity contribution >= 4 is 0 Å². The van der Waals surface area contributed by atoms with Gasteiger partial charge in [-0.05, 0) is 65.8 Å². The lowest BCUT2D eigenvalue weighted by Gasteiger charge is -2.22. The SMILES string of the molecule is c1ccc(-c2cccc(-c3nc(-c4ccccc4)nc(-c4ccc(-c5nc(-c6ccccc6)nc(-c6cccc(C7CC8CCC7C8)c6)n5)cc4)n3)c2)cc1. The van der Waals surface area contributed by atoms with E-state index in [0.29, 0.717) is 40.9 Å². The molecule has 2 saturated carbocycles. The first-order valence-corrected chi connectivity index (χ1v) is 19.2. The van der Waals surface area contributed by atoms with Gasteiger partial charge in [0.15, 0.2) is 34.9 Å². The molecule has 55 heavy (non-hydrogen) atoms. The van der Waals surface area contributed by atoms with Crippen LogP contribution in [0.15, 0.2) is 164 Å². The number of nitrogens with zero attached hydrogens (tertiary/aromatic N) is 6. The molecule has 0 N–H and O–H groups in total. The molecule has 6 aromatic carbocycles. The van der Waals surface area contributed by atoms with Crippen LogP contribution < -0.4 is 0 Å². The summed E-state index contributed by atoms with van der Waals surface area (Å²) in [5.41, 5.74) is 9.26. The number of aromatic nitrogens is 6. The Bertz CT molecular complexity index is 2610. The summed E-state index contributed by atoms with van der Waals surface area (Å²) in [4.78, 5) is 30.1. The summed E-state index contributed by atoms with van der Waals surface area (Å²) in [5.74, 6) is 6.12. The predicted octanol–water partition coefficient (Wildman–Crippen LogP) is 11.6. The largest absolute Gasteiger partial charge is 0.208 e. The van der Waals surface area contributed by atoms with Crippen molar-refractivity contribution in [1.29, 1.82) is 0 Å². The molecule has 2 aliphatic rings. The van der Waals surface area contributed by atoms with Crippen molar-refractivity contribution in [3.63, 3.8) is 0 Å². The van der Waals surface area contributed by atoms with Gasteiger partial charge in [-0.3, -0.25) is 0 Å². The Labute approximate surface area is 321 Å². The van der Waals surface area contributed by atoms with Crippen molar-refractivity contribution in [1.82, 2.24) is 29.9 Å². The van der Waals surface area contributed by atoms with Gasteiger partial charge in [0.05, 0.1) is 0 Å². The van der Waals surface area contributed by atoms with Gasteiger partial charge in [-0.2, -0.15) is 0 Å². The zero-order valence-corrected chi connectivity index (χ0v) is 30.3. The van der Waals surface area contributed by atoms with Crippen LogP contribution in [0.3, 0.4) is 0 Å². The van der Waals surface area contributed by atoms with Crippen molar-refractivity contribution in [3.8, 4) is 79.5 Å². The van der Waals surface area contributed by atoms with Crippen LogP contribution in [-0.4, -0.2) is 29.9 Å². The molecule has 0 amide bonds. The molecule has 3 unspecified atom stereocenters. The molecule has 6 nitrogen and oxygen atoms in total. The van der Waals surface area contributed by atoms with Crippen molar-refractivity contribution < 1.29 is 0 Å². The fraction of sp³-hybridized carbons (Fsp3) is 0.143. The summed E-state index contributed by atoms with van der Waals surface area (Å²) in [6.45, 7) is 0. The van der Waals surface area contributed by atoms with Crippen LogP contribution in [-0.2, 0) is 0 Å². The molecular weight excluding hydrogens is 673 g/mol. The minimum absolute atomic E-state index is 0.597. The standard InChI is InChI=1S/C49H38N6/c1-4-12-33(13-5-1)38-18-10-20-41(30-38)48-52-44(34-14-6-2-7-15-34)50-46(54-48)36-24-26-37(27-25-36)47-51-45(35-16-8-3-9-17-35)53-49(55-47)42-21-11-19-39(31-42)43-29-32-22-23-40(43)28-32/h1-21,24-27,30-32,40,43H,22-23,28-29H2. The summed E-state index contributed by atoms with van der Waals surface area (Å²) >= 11 is 0. The Morgan fingerprint density at radius 3 is 1.18 bits per heavy atom. The lowest BCUT2D eigenvalue weighted by atomic mass is 9.83. The maximum absolute atomic E-state index is 5.09. The third kappa shape index (κ3) is 6.72. The number of fused-ring (bicyclic) bond motifs is 2. The van der Waals surface area contributed by atoms with Crippen molar-refractivity contribution in [2.75, 3.05) is 0 Å². The summed E-state index contributed by atoms with van der Waals surface area (Å²) in [6, 6.07) is 56.1. The van der Waals surface area contributed by atoms with E-state index in [1.165, 1.54) is 31.2 Å². The molecule has 264 valence electrons. The van der Waals surface area contributed by atoms with Crippen LogP contribution in [0.4, 0.5) is 0 Å². The van der Waals surface area contributed by atoms with E-state index in [-0.39, 0.29) is 0 Å². The van der Waals surface area contributed by atoms with E-state index in [4.69, 9.17) is 29.9 Å². The first kappa shape index (κ1) is 32.9. The molecule has 2 aliphatic carbocycles. The minimum Gasteiger partial charge on any atom is -0.208 e. The Kier molecular flexibility index (Phi) is 8.56. The molecule has 10 rings (SSSR count). The third-order valence-corrected chi connectivity index (χ3v) is 11.3. The van der Waals surface area contributed by atoms with Gasteiger partial charge < -0.3 is 0 Å². The average Bonchev–Trinajstić information content (AvgIpc) is 3.92. The summed E-state index contributed by atoms with van der Waals surface area (Å²) in [7, 11) is 0. The van der Waals surface area contributed by atoms with E-state index in [2.05, 4.69) is 97.1 Å². The first-order chi connectivity index (χ1) is 27.2. The van der Waals surface area contributed by atoms with Gasteiger partial charge in [0, 0.05) is 33.4 Å². The summed E-state index contributed by atoms with van der Waals surface area (Å²) in [6.07, 6.45) is 5.42. The molecule has 2 bridgehead atoms. The quantitative estimate of drug-likeness (QED) is 0.156. The minimum atomic E-state index is 0.597. The van der Waals surface area contributed by atoms with E-state index >= 15 is 0 Å². The smallest absolute Gasteiger partial charge is 0.164 e. The van der Waals surface area contributed by atoms with Crippen molar-refractivity contribution in [2.24, 2.45) is 11.8 Å². The highest BCUT2D eigenvalue weighted by Crippen LogP contribution is 2.53. The van der Waals surface area contributed by atoms with Crippen molar-refractivity contribution in [2.45, 2.75) is 31.6 Å². The monoisotopic (exact) mass is 710 g/mol. The van der Waals surface area contributed by atoms with Crippen LogP contribution in [0.5, 0.6) is 0 Å². The van der Waals surface area contributed by atoms with Crippen LogP contribution in [0.1, 0.15) is 37.2 Å². The number of rotatable bonds is 8. The maximum atomic E-state index is 5.09. The van der Waals surface area contributed by atoms with Gasteiger partial charge in [0.1, 0.15) is 0 Å². The van der Waals surface area contributed by atoms with Gasteiger partial charge in [-0.25, -0.2) is 29.9 Å². The molecule has 3 atom stereocenters. The number of hydrogen-bond donors (Lipinski definition) is 0. The second-order valence-corrected chi connectivity index (χ2v) is 14.8. The lowest BCUT2D eigenvalue weighted by Crippen LogP contribution is -2.08. The second kappa shape index (κ2) is 14.3. The molecule has 0 saturated heterocycles. The highest BCUT2D eigenvalue weighted by atomic mass is 15.0. The van der Waals surface area contributed by atoms with Gasteiger partial charge in [-0.15, -0.1) is 0 Å². The Morgan fingerprint density at radius 1 is 0.309 bits per heavy atom.